The van der Waals surface area contributed by atoms with Crippen molar-refractivity contribution in [2.75, 3.05) is 0 Å². The van der Waals surface area contributed by atoms with Crippen LogP contribution < -0.4 is 0 Å². The molecule has 0 bridgehead atoms. The molecule has 0 saturated carbocycles. The molecule has 1 nitrogen and oxygen atoms in total. The quantitative estimate of drug-likeness (QED) is 0.263. The lowest BCUT2D eigenvalue weighted by Crippen LogP contribution is -2.10. The second-order valence-corrected chi connectivity index (χ2v) is 11.4. The third-order valence-electron chi connectivity index (χ3n) is 6.91. The SMILES string of the molecule is CC(Cc1ccc2sc3cc(C(C)(C)C)ccc3c2c1)c1cccc2c1oc1ccccc12. The zero-order chi connectivity index (χ0) is 22.7. The van der Waals surface area contributed by atoms with Crippen molar-refractivity contribution >= 4 is 53.4 Å². The Kier molecular flexibility index (Phi) is 4.64. The molecule has 4 aromatic carbocycles. The Morgan fingerprint density at radius 1 is 0.758 bits per heavy atom. The van der Waals surface area contributed by atoms with E-state index in [-0.39, 0.29) is 5.41 Å². The smallest absolute Gasteiger partial charge is 0.138 e. The number of furan rings is 1. The molecule has 0 aliphatic rings. The number of fused-ring (bicyclic) bond motifs is 6. The first-order valence-electron chi connectivity index (χ1n) is 11.7. The van der Waals surface area contributed by atoms with Crippen LogP contribution in [0.3, 0.4) is 0 Å². The highest BCUT2D eigenvalue weighted by atomic mass is 32.1. The summed E-state index contributed by atoms with van der Waals surface area (Å²) in [4.78, 5) is 0. The van der Waals surface area contributed by atoms with Crippen LogP contribution in [-0.4, -0.2) is 0 Å². The molecule has 2 aromatic heterocycles. The Morgan fingerprint density at radius 2 is 1.58 bits per heavy atom. The second-order valence-electron chi connectivity index (χ2n) is 10.3. The topological polar surface area (TPSA) is 13.1 Å². The van der Waals surface area contributed by atoms with E-state index in [9.17, 15) is 0 Å². The van der Waals surface area contributed by atoms with E-state index in [1.54, 1.807) is 0 Å². The first-order valence-corrected chi connectivity index (χ1v) is 12.6. The fourth-order valence-corrected chi connectivity index (χ4v) is 6.16. The van der Waals surface area contributed by atoms with Crippen LogP contribution in [-0.2, 0) is 11.8 Å². The van der Waals surface area contributed by atoms with E-state index in [1.807, 2.05) is 17.4 Å². The summed E-state index contributed by atoms with van der Waals surface area (Å²) in [5, 5.41) is 5.16. The molecule has 1 unspecified atom stereocenters. The molecule has 0 saturated heterocycles. The summed E-state index contributed by atoms with van der Waals surface area (Å²) >= 11 is 1.91. The third kappa shape index (κ3) is 3.45. The van der Waals surface area contributed by atoms with Gasteiger partial charge in [0, 0.05) is 30.9 Å². The highest BCUT2D eigenvalue weighted by Gasteiger charge is 2.18. The van der Waals surface area contributed by atoms with Crippen LogP contribution in [0.15, 0.2) is 83.3 Å². The lowest BCUT2D eigenvalue weighted by molar-refractivity contribution is 0.591. The monoisotopic (exact) mass is 448 g/mol. The van der Waals surface area contributed by atoms with Crippen molar-refractivity contribution < 1.29 is 4.42 Å². The first kappa shape index (κ1) is 20.5. The normalized spacial score (nSPS) is 13.5. The molecule has 0 aliphatic carbocycles. The molecule has 164 valence electrons. The van der Waals surface area contributed by atoms with Crippen LogP contribution in [0.25, 0.3) is 42.1 Å². The van der Waals surface area contributed by atoms with Gasteiger partial charge in [-0.05, 0) is 58.7 Å². The zero-order valence-electron chi connectivity index (χ0n) is 19.6. The molecule has 2 heterocycles. The fraction of sp³-hybridized carbons (Fsp3) is 0.226. The Hall–Kier alpha value is -3.10. The third-order valence-corrected chi connectivity index (χ3v) is 8.04. The van der Waals surface area contributed by atoms with Crippen LogP contribution in [0.2, 0.25) is 0 Å². The maximum Gasteiger partial charge on any atom is 0.138 e. The van der Waals surface area contributed by atoms with Crippen molar-refractivity contribution in [2.45, 2.75) is 45.4 Å². The molecule has 1 atom stereocenters. The van der Waals surface area contributed by atoms with Gasteiger partial charge in [0.2, 0.25) is 0 Å². The van der Waals surface area contributed by atoms with Crippen molar-refractivity contribution in [3.63, 3.8) is 0 Å². The van der Waals surface area contributed by atoms with Gasteiger partial charge in [0.05, 0.1) is 0 Å². The Morgan fingerprint density at radius 3 is 2.42 bits per heavy atom. The molecular weight excluding hydrogens is 420 g/mol. The predicted octanol–water partition coefficient (Wildman–Crippen LogP) is 9.60. The highest BCUT2D eigenvalue weighted by Crippen LogP contribution is 2.39. The summed E-state index contributed by atoms with van der Waals surface area (Å²) in [6.45, 7) is 9.16. The van der Waals surface area contributed by atoms with Crippen LogP contribution in [0.5, 0.6) is 0 Å². The summed E-state index contributed by atoms with van der Waals surface area (Å²) < 4.78 is 9.05. The minimum absolute atomic E-state index is 0.169. The number of hydrogen-bond acceptors (Lipinski definition) is 2. The summed E-state index contributed by atoms with van der Waals surface area (Å²) in [7, 11) is 0. The Labute approximate surface area is 198 Å². The number of para-hydroxylation sites is 2. The average molecular weight is 449 g/mol. The van der Waals surface area contributed by atoms with Gasteiger partial charge in [0.15, 0.2) is 0 Å². The average Bonchev–Trinajstić information content (AvgIpc) is 3.36. The van der Waals surface area contributed by atoms with Gasteiger partial charge in [0.1, 0.15) is 11.2 Å². The summed E-state index contributed by atoms with van der Waals surface area (Å²) in [5.74, 6) is 0.365. The molecular formula is C31H28OS. The van der Waals surface area contributed by atoms with Gasteiger partial charge < -0.3 is 4.42 Å². The predicted molar refractivity (Wildman–Crippen MR) is 144 cm³/mol. The van der Waals surface area contributed by atoms with E-state index in [0.29, 0.717) is 5.92 Å². The van der Waals surface area contributed by atoms with Gasteiger partial charge in [-0.25, -0.2) is 0 Å². The maximum atomic E-state index is 6.30. The van der Waals surface area contributed by atoms with Crippen LogP contribution >= 0.6 is 11.3 Å². The van der Waals surface area contributed by atoms with E-state index in [0.717, 1.165) is 17.6 Å². The molecule has 0 fully saturated rings. The minimum atomic E-state index is 0.169. The molecule has 0 aliphatic heterocycles. The van der Waals surface area contributed by atoms with Gasteiger partial charge in [-0.15, -0.1) is 11.3 Å². The molecule has 0 amide bonds. The van der Waals surface area contributed by atoms with Gasteiger partial charge >= 0.3 is 0 Å². The van der Waals surface area contributed by atoms with Gasteiger partial charge in [-0.2, -0.15) is 0 Å². The maximum absolute atomic E-state index is 6.30. The van der Waals surface area contributed by atoms with Crippen molar-refractivity contribution in [3.05, 3.63) is 95.6 Å². The number of benzene rings is 4. The molecule has 0 radical (unpaired) electrons. The first-order chi connectivity index (χ1) is 15.9. The lowest BCUT2D eigenvalue weighted by Gasteiger charge is -2.18. The van der Waals surface area contributed by atoms with E-state index in [2.05, 4.69) is 100 Å². The van der Waals surface area contributed by atoms with Gasteiger partial charge in [0.25, 0.3) is 0 Å². The molecule has 0 spiro atoms. The molecule has 6 rings (SSSR count). The van der Waals surface area contributed by atoms with Crippen LogP contribution in [0.4, 0.5) is 0 Å². The lowest BCUT2D eigenvalue weighted by atomic mass is 9.86. The number of rotatable bonds is 3. The number of thiophene rings is 1. The van der Waals surface area contributed by atoms with E-state index in [4.69, 9.17) is 4.42 Å². The summed E-state index contributed by atoms with van der Waals surface area (Å²) in [6.07, 6.45) is 0.990. The zero-order valence-corrected chi connectivity index (χ0v) is 20.4. The molecule has 0 N–H and O–H groups in total. The van der Waals surface area contributed by atoms with E-state index in [1.165, 1.54) is 47.6 Å². The Bertz CT molecular complexity index is 1640. The second kappa shape index (κ2) is 7.46. The van der Waals surface area contributed by atoms with Crippen LogP contribution in [0, 0.1) is 0 Å². The van der Waals surface area contributed by atoms with Gasteiger partial charge in [-0.1, -0.05) is 82.3 Å². The summed E-state index contributed by atoms with van der Waals surface area (Å²) in [6, 6.07) is 28.9. The van der Waals surface area contributed by atoms with E-state index < -0.39 is 0 Å². The van der Waals surface area contributed by atoms with Crippen LogP contribution in [0.1, 0.15) is 50.3 Å². The van der Waals surface area contributed by atoms with Crippen molar-refractivity contribution in [1.82, 2.24) is 0 Å². The largest absolute Gasteiger partial charge is 0.456 e. The molecule has 6 aromatic rings. The highest BCUT2D eigenvalue weighted by molar-refractivity contribution is 7.25. The van der Waals surface area contributed by atoms with Crippen molar-refractivity contribution in [3.8, 4) is 0 Å². The van der Waals surface area contributed by atoms with Crippen molar-refractivity contribution in [1.29, 1.82) is 0 Å². The minimum Gasteiger partial charge on any atom is -0.456 e. The van der Waals surface area contributed by atoms with E-state index >= 15 is 0 Å². The Balaban J connectivity index is 1.38. The molecule has 2 heteroatoms. The van der Waals surface area contributed by atoms with Gasteiger partial charge in [-0.3, -0.25) is 0 Å². The standard InChI is InChI=1S/C31H28OS/c1-19(22-9-7-10-25-23-8-5-6-11-27(23)32-30(22)25)16-20-12-15-28-26(17-20)24-14-13-21(31(2,3)4)18-29(24)33-28/h5-15,17-19H,16H2,1-4H3. The number of hydrogen-bond donors (Lipinski definition) is 0. The van der Waals surface area contributed by atoms with Crippen molar-refractivity contribution in [2.24, 2.45) is 0 Å². The summed E-state index contributed by atoms with van der Waals surface area (Å²) in [5.41, 5.74) is 6.23. The molecule has 33 heavy (non-hydrogen) atoms. The fourth-order valence-electron chi connectivity index (χ4n) is 5.04.